The molecule has 0 radical (unpaired) electrons. The SMILES string of the molecule is COC(=O)C(NCCN=[N+]=[N-])c1ccc(Cl)c(Cl)c1. The highest BCUT2D eigenvalue weighted by Gasteiger charge is 2.21. The van der Waals surface area contributed by atoms with Gasteiger partial charge < -0.3 is 10.1 Å². The van der Waals surface area contributed by atoms with E-state index < -0.39 is 12.0 Å². The third kappa shape index (κ3) is 4.61. The van der Waals surface area contributed by atoms with Crippen LogP contribution in [-0.2, 0) is 9.53 Å². The molecule has 1 rings (SSSR count). The van der Waals surface area contributed by atoms with Crippen molar-refractivity contribution in [2.24, 2.45) is 5.11 Å². The van der Waals surface area contributed by atoms with Crippen molar-refractivity contribution in [2.45, 2.75) is 6.04 Å². The van der Waals surface area contributed by atoms with Crippen molar-refractivity contribution in [3.8, 4) is 0 Å². The van der Waals surface area contributed by atoms with Gasteiger partial charge in [0.25, 0.3) is 0 Å². The zero-order chi connectivity index (χ0) is 14.3. The normalized spacial score (nSPS) is 11.5. The van der Waals surface area contributed by atoms with Gasteiger partial charge in [-0.2, -0.15) is 0 Å². The number of nitrogens with zero attached hydrogens (tertiary/aromatic N) is 3. The highest BCUT2D eigenvalue weighted by Crippen LogP contribution is 2.26. The van der Waals surface area contributed by atoms with Crippen LogP contribution in [-0.4, -0.2) is 26.2 Å². The van der Waals surface area contributed by atoms with Crippen molar-refractivity contribution >= 4 is 29.2 Å². The molecule has 8 heteroatoms. The number of hydrogen-bond donors (Lipinski definition) is 1. The van der Waals surface area contributed by atoms with Crippen LogP contribution in [0.25, 0.3) is 10.4 Å². The van der Waals surface area contributed by atoms with Crippen LogP contribution in [0.15, 0.2) is 23.3 Å². The molecule has 0 heterocycles. The van der Waals surface area contributed by atoms with Crippen LogP contribution in [0.2, 0.25) is 10.0 Å². The molecular weight excluding hydrogens is 291 g/mol. The quantitative estimate of drug-likeness (QED) is 0.288. The number of halogens is 2. The Labute approximate surface area is 120 Å². The van der Waals surface area contributed by atoms with Crippen LogP contribution in [0.3, 0.4) is 0 Å². The molecule has 102 valence electrons. The van der Waals surface area contributed by atoms with Crippen LogP contribution >= 0.6 is 23.2 Å². The van der Waals surface area contributed by atoms with Gasteiger partial charge in [-0.25, -0.2) is 4.79 Å². The number of azide groups is 1. The van der Waals surface area contributed by atoms with Crippen LogP contribution in [0.1, 0.15) is 11.6 Å². The standard InChI is InChI=1S/C11H12Cl2N4O2/c1-19-11(18)10(15-4-5-16-17-14)7-2-3-8(12)9(13)6-7/h2-3,6,10,15H,4-5H2,1H3. The number of methoxy groups -OCH3 is 1. The number of nitrogens with one attached hydrogen (secondary N) is 1. The summed E-state index contributed by atoms with van der Waals surface area (Å²) >= 11 is 11.7. The zero-order valence-corrected chi connectivity index (χ0v) is 11.6. The number of esters is 1. The summed E-state index contributed by atoms with van der Waals surface area (Å²) in [7, 11) is 1.29. The summed E-state index contributed by atoms with van der Waals surface area (Å²) in [4.78, 5) is 14.3. The summed E-state index contributed by atoms with van der Waals surface area (Å²) < 4.78 is 4.71. The Morgan fingerprint density at radius 2 is 2.26 bits per heavy atom. The molecule has 0 fully saturated rings. The van der Waals surface area contributed by atoms with E-state index in [1.54, 1.807) is 18.2 Å². The largest absolute Gasteiger partial charge is 0.468 e. The van der Waals surface area contributed by atoms with Gasteiger partial charge in [0.05, 0.1) is 17.2 Å². The Balaban J connectivity index is 2.86. The average Bonchev–Trinajstić information content (AvgIpc) is 2.41. The molecule has 0 saturated carbocycles. The highest BCUT2D eigenvalue weighted by atomic mass is 35.5. The Bertz CT molecular complexity index is 503. The topological polar surface area (TPSA) is 87.1 Å². The molecule has 0 spiro atoms. The lowest BCUT2D eigenvalue weighted by Gasteiger charge is -2.16. The zero-order valence-electron chi connectivity index (χ0n) is 10.1. The summed E-state index contributed by atoms with van der Waals surface area (Å²) in [6.07, 6.45) is 0. The second-order valence-electron chi connectivity index (χ2n) is 3.54. The minimum atomic E-state index is -0.686. The fourth-order valence-electron chi connectivity index (χ4n) is 1.45. The number of carbonyl (C=O) groups excluding carboxylic acids is 1. The van der Waals surface area contributed by atoms with Crippen LogP contribution in [0, 0.1) is 0 Å². The molecule has 0 aliphatic rings. The molecule has 1 N–H and O–H groups in total. The van der Waals surface area contributed by atoms with Gasteiger partial charge in [0.15, 0.2) is 0 Å². The Morgan fingerprint density at radius 3 is 2.84 bits per heavy atom. The van der Waals surface area contributed by atoms with Gasteiger partial charge in [-0.3, -0.25) is 0 Å². The molecule has 1 atom stereocenters. The fourth-order valence-corrected chi connectivity index (χ4v) is 1.76. The van der Waals surface area contributed by atoms with E-state index in [1.165, 1.54) is 7.11 Å². The molecule has 1 aromatic carbocycles. The highest BCUT2D eigenvalue weighted by molar-refractivity contribution is 6.42. The lowest BCUT2D eigenvalue weighted by Crippen LogP contribution is -2.31. The molecule has 19 heavy (non-hydrogen) atoms. The maximum Gasteiger partial charge on any atom is 0.327 e. The van der Waals surface area contributed by atoms with Gasteiger partial charge >= 0.3 is 5.97 Å². The molecule has 0 aromatic heterocycles. The molecule has 6 nitrogen and oxygen atoms in total. The van der Waals surface area contributed by atoms with Crippen LogP contribution in [0.4, 0.5) is 0 Å². The molecular formula is C11H12Cl2N4O2. The first-order valence-electron chi connectivity index (χ1n) is 5.37. The van der Waals surface area contributed by atoms with Crippen molar-refractivity contribution in [3.05, 3.63) is 44.3 Å². The average molecular weight is 303 g/mol. The molecule has 0 saturated heterocycles. The molecule has 0 bridgehead atoms. The minimum absolute atomic E-state index is 0.227. The first-order chi connectivity index (χ1) is 9.10. The molecule has 1 unspecified atom stereocenters. The van der Waals surface area contributed by atoms with E-state index in [4.69, 9.17) is 33.5 Å². The van der Waals surface area contributed by atoms with Crippen molar-refractivity contribution in [2.75, 3.05) is 20.2 Å². The molecule has 0 amide bonds. The number of rotatable bonds is 6. The third-order valence-electron chi connectivity index (χ3n) is 2.34. The van der Waals surface area contributed by atoms with Crippen LogP contribution < -0.4 is 5.32 Å². The number of ether oxygens (including phenoxy) is 1. The van der Waals surface area contributed by atoms with Crippen LogP contribution in [0.5, 0.6) is 0 Å². The van der Waals surface area contributed by atoms with Gasteiger partial charge in [0.1, 0.15) is 6.04 Å². The van der Waals surface area contributed by atoms with Gasteiger partial charge in [-0.15, -0.1) is 0 Å². The van der Waals surface area contributed by atoms with Gasteiger partial charge in [-0.05, 0) is 23.2 Å². The summed E-state index contributed by atoms with van der Waals surface area (Å²) in [6.45, 7) is 0.565. The van der Waals surface area contributed by atoms with E-state index >= 15 is 0 Å². The predicted molar refractivity (Wildman–Crippen MR) is 73.2 cm³/mol. The van der Waals surface area contributed by atoms with Gasteiger partial charge in [0, 0.05) is 18.0 Å². The van der Waals surface area contributed by atoms with Crippen molar-refractivity contribution in [1.82, 2.24) is 5.32 Å². The van der Waals surface area contributed by atoms with E-state index in [0.29, 0.717) is 22.2 Å². The summed E-state index contributed by atoms with van der Waals surface area (Å²) in [5.41, 5.74) is 8.80. The molecule has 1 aromatic rings. The lowest BCUT2D eigenvalue weighted by atomic mass is 10.1. The number of benzene rings is 1. The summed E-state index contributed by atoms with van der Waals surface area (Å²) in [5.74, 6) is -0.459. The smallest absolute Gasteiger partial charge is 0.327 e. The fraction of sp³-hybridized carbons (Fsp3) is 0.364. The predicted octanol–water partition coefficient (Wildman–Crippen LogP) is 3.11. The van der Waals surface area contributed by atoms with Crippen molar-refractivity contribution < 1.29 is 9.53 Å². The molecule has 0 aliphatic carbocycles. The summed E-state index contributed by atoms with van der Waals surface area (Å²) in [6, 6.07) is 4.18. The van der Waals surface area contributed by atoms with Gasteiger partial charge in [0.2, 0.25) is 0 Å². The first kappa shape index (κ1) is 15.6. The number of carbonyl (C=O) groups is 1. The lowest BCUT2D eigenvalue weighted by molar-refractivity contribution is -0.143. The Hall–Kier alpha value is -1.46. The summed E-state index contributed by atoms with van der Waals surface area (Å²) in [5, 5.41) is 7.06. The monoisotopic (exact) mass is 302 g/mol. The Morgan fingerprint density at radius 1 is 1.53 bits per heavy atom. The van der Waals surface area contributed by atoms with E-state index in [2.05, 4.69) is 15.3 Å². The van der Waals surface area contributed by atoms with E-state index in [-0.39, 0.29) is 6.54 Å². The second kappa shape index (κ2) is 7.86. The van der Waals surface area contributed by atoms with Crippen molar-refractivity contribution in [1.29, 1.82) is 0 Å². The van der Waals surface area contributed by atoms with Crippen molar-refractivity contribution in [3.63, 3.8) is 0 Å². The van der Waals surface area contributed by atoms with E-state index in [0.717, 1.165) is 0 Å². The Kier molecular flexibility index (Phi) is 6.45. The minimum Gasteiger partial charge on any atom is -0.468 e. The second-order valence-corrected chi connectivity index (χ2v) is 4.35. The third-order valence-corrected chi connectivity index (χ3v) is 3.08. The van der Waals surface area contributed by atoms with E-state index in [9.17, 15) is 4.79 Å². The first-order valence-corrected chi connectivity index (χ1v) is 6.12. The van der Waals surface area contributed by atoms with Gasteiger partial charge in [-0.1, -0.05) is 34.4 Å². The maximum absolute atomic E-state index is 11.7. The maximum atomic E-state index is 11.7. The van der Waals surface area contributed by atoms with E-state index in [1.807, 2.05) is 0 Å². The molecule has 0 aliphatic heterocycles. The number of hydrogen-bond acceptors (Lipinski definition) is 4.